The lowest BCUT2D eigenvalue weighted by atomic mass is 10.2. The molecule has 0 amide bonds. The van der Waals surface area contributed by atoms with Crippen molar-refractivity contribution in [1.82, 2.24) is 5.32 Å². The molecule has 0 spiro atoms. The van der Waals surface area contributed by atoms with Crippen molar-refractivity contribution in [3.05, 3.63) is 0 Å². The molecule has 86 valence electrons. The Labute approximate surface area is 88.7 Å². The topological polar surface area (TPSA) is 32.3 Å². The first-order valence-electron chi connectivity index (χ1n) is 5.66. The fraction of sp³-hybridized carbons (Fsp3) is 1.00. The molecular weight excluding hydrogens is 176 g/mol. The van der Waals surface area contributed by atoms with Crippen molar-refractivity contribution in [2.45, 2.75) is 45.4 Å². The Kier molecular flexibility index (Phi) is 5.64. The highest BCUT2D eigenvalue weighted by Crippen LogP contribution is 2.15. The lowest BCUT2D eigenvalue weighted by Gasteiger charge is -2.41. The number of rotatable bonds is 7. The average Bonchev–Trinajstić information content (AvgIpc) is 2.10. The smallest absolute Gasteiger partial charge is 0.259 e. The Bertz CT molecular complexity index is 154. The van der Waals surface area contributed by atoms with E-state index in [1.54, 1.807) is 0 Å². The lowest BCUT2D eigenvalue weighted by Crippen LogP contribution is -2.65. The molecular formula is C11H27N2O+. The summed E-state index contributed by atoms with van der Waals surface area (Å²) in [6, 6.07) is 0. The van der Waals surface area contributed by atoms with E-state index in [0.29, 0.717) is 4.48 Å². The summed E-state index contributed by atoms with van der Waals surface area (Å²) in [5.41, 5.74) is 0. The van der Waals surface area contributed by atoms with Crippen LogP contribution in [0.4, 0.5) is 0 Å². The van der Waals surface area contributed by atoms with Gasteiger partial charge >= 0.3 is 0 Å². The van der Waals surface area contributed by atoms with Gasteiger partial charge in [-0.2, -0.15) is 0 Å². The summed E-state index contributed by atoms with van der Waals surface area (Å²) in [5.74, 6) is -0.784. The van der Waals surface area contributed by atoms with Gasteiger partial charge in [0, 0.05) is 13.0 Å². The fourth-order valence-corrected chi connectivity index (χ4v) is 1.50. The highest BCUT2D eigenvalue weighted by atomic mass is 16.3. The van der Waals surface area contributed by atoms with Crippen LogP contribution < -0.4 is 5.32 Å². The van der Waals surface area contributed by atoms with E-state index in [1.807, 2.05) is 28.1 Å². The predicted molar refractivity (Wildman–Crippen MR) is 60.8 cm³/mol. The molecule has 14 heavy (non-hydrogen) atoms. The molecule has 0 saturated heterocycles. The van der Waals surface area contributed by atoms with E-state index in [4.69, 9.17) is 0 Å². The third-order valence-electron chi connectivity index (χ3n) is 2.79. The minimum atomic E-state index is -0.784. The summed E-state index contributed by atoms with van der Waals surface area (Å²) < 4.78 is 0.537. The van der Waals surface area contributed by atoms with Crippen LogP contribution in [0.25, 0.3) is 0 Å². The molecule has 0 aliphatic rings. The first-order valence-corrected chi connectivity index (χ1v) is 5.66. The van der Waals surface area contributed by atoms with Crippen LogP contribution in [0.5, 0.6) is 0 Å². The second-order valence-corrected chi connectivity index (χ2v) is 4.82. The zero-order valence-corrected chi connectivity index (χ0v) is 10.4. The van der Waals surface area contributed by atoms with Crippen LogP contribution >= 0.6 is 0 Å². The average molecular weight is 203 g/mol. The van der Waals surface area contributed by atoms with Crippen LogP contribution in [0.2, 0.25) is 0 Å². The summed E-state index contributed by atoms with van der Waals surface area (Å²) in [4.78, 5) is 0. The first kappa shape index (κ1) is 13.9. The second kappa shape index (κ2) is 5.69. The Morgan fingerprint density at radius 1 is 1.14 bits per heavy atom. The minimum absolute atomic E-state index is 0.537. The maximum atomic E-state index is 10.3. The maximum Gasteiger partial charge on any atom is 0.259 e. The Morgan fingerprint density at radius 2 is 1.71 bits per heavy atom. The summed E-state index contributed by atoms with van der Waals surface area (Å²) in [5, 5.41) is 13.6. The van der Waals surface area contributed by atoms with Crippen LogP contribution in [0.15, 0.2) is 0 Å². The van der Waals surface area contributed by atoms with Crippen molar-refractivity contribution in [3.63, 3.8) is 0 Å². The third kappa shape index (κ3) is 3.95. The van der Waals surface area contributed by atoms with Gasteiger partial charge in [0.1, 0.15) is 0 Å². The quantitative estimate of drug-likeness (QED) is 0.374. The molecule has 0 heterocycles. The van der Waals surface area contributed by atoms with Crippen molar-refractivity contribution < 1.29 is 9.59 Å². The monoisotopic (exact) mass is 203 g/mol. The zero-order valence-electron chi connectivity index (χ0n) is 10.4. The molecule has 0 radical (unpaired) electrons. The molecule has 0 aliphatic carbocycles. The molecule has 1 unspecified atom stereocenters. The van der Waals surface area contributed by atoms with Crippen LogP contribution in [-0.2, 0) is 0 Å². The Morgan fingerprint density at radius 3 is 2.07 bits per heavy atom. The van der Waals surface area contributed by atoms with Gasteiger partial charge in [0.05, 0.1) is 21.1 Å². The van der Waals surface area contributed by atoms with E-state index < -0.39 is 5.85 Å². The number of hydrogen-bond acceptors (Lipinski definition) is 2. The van der Waals surface area contributed by atoms with Gasteiger partial charge in [-0.25, -0.2) is 5.32 Å². The van der Waals surface area contributed by atoms with E-state index in [9.17, 15) is 5.11 Å². The molecule has 0 bridgehead atoms. The summed E-state index contributed by atoms with van der Waals surface area (Å²) >= 11 is 0. The fourth-order valence-electron chi connectivity index (χ4n) is 1.50. The summed E-state index contributed by atoms with van der Waals surface area (Å²) in [6.45, 7) is 5.09. The van der Waals surface area contributed by atoms with Gasteiger partial charge in [-0.15, -0.1) is 0 Å². The van der Waals surface area contributed by atoms with E-state index in [0.717, 1.165) is 19.4 Å². The molecule has 0 aromatic heterocycles. The largest absolute Gasteiger partial charge is 0.330 e. The van der Waals surface area contributed by atoms with E-state index in [1.165, 1.54) is 12.8 Å². The van der Waals surface area contributed by atoms with Crippen LogP contribution in [0, 0.1) is 0 Å². The molecule has 3 heteroatoms. The third-order valence-corrected chi connectivity index (χ3v) is 2.79. The molecule has 3 nitrogen and oxygen atoms in total. The minimum Gasteiger partial charge on any atom is -0.330 e. The van der Waals surface area contributed by atoms with Crippen LogP contribution in [-0.4, -0.2) is 43.1 Å². The maximum absolute atomic E-state index is 10.3. The van der Waals surface area contributed by atoms with Crippen LogP contribution in [0.1, 0.15) is 39.5 Å². The number of quaternary nitrogens is 1. The molecule has 0 saturated carbocycles. The highest BCUT2D eigenvalue weighted by Gasteiger charge is 2.38. The number of nitrogens with zero attached hydrogens (tertiary/aromatic N) is 1. The second-order valence-electron chi connectivity index (χ2n) is 4.82. The summed E-state index contributed by atoms with van der Waals surface area (Å²) in [7, 11) is 6.03. The van der Waals surface area contributed by atoms with Gasteiger partial charge in [0.25, 0.3) is 5.85 Å². The molecule has 0 aromatic rings. The Balaban J connectivity index is 4.01. The van der Waals surface area contributed by atoms with Crippen molar-refractivity contribution in [3.8, 4) is 0 Å². The van der Waals surface area contributed by atoms with Crippen molar-refractivity contribution in [2.24, 2.45) is 0 Å². The van der Waals surface area contributed by atoms with E-state index in [2.05, 4.69) is 12.2 Å². The number of aliphatic hydroxyl groups is 1. The standard InChI is InChI=1S/C11H27N2O/c1-6-8-9-10-12-11(14,7-2)13(3,4)5/h12,14H,6-10H2,1-5H3/q+1. The van der Waals surface area contributed by atoms with Gasteiger partial charge in [0.2, 0.25) is 0 Å². The van der Waals surface area contributed by atoms with E-state index in [-0.39, 0.29) is 0 Å². The van der Waals surface area contributed by atoms with Gasteiger partial charge < -0.3 is 5.11 Å². The molecule has 2 N–H and O–H groups in total. The van der Waals surface area contributed by atoms with Gasteiger partial charge in [-0.1, -0.05) is 26.7 Å². The van der Waals surface area contributed by atoms with Crippen LogP contribution in [0.3, 0.4) is 0 Å². The van der Waals surface area contributed by atoms with Crippen molar-refractivity contribution in [2.75, 3.05) is 27.7 Å². The van der Waals surface area contributed by atoms with Crippen molar-refractivity contribution in [1.29, 1.82) is 0 Å². The SMILES string of the molecule is CCCCCNC(O)(CC)[N+](C)(C)C. The Hall–Kier alpha value is -0.120. The molecule has 0 aliphatic heterocycles. The normalized spacial score (nSPS) is 16.7. The zero-order chi connectivity index (χ0) is 11.2. The lowest BCUT2D eigenvalue weighted by molar-refractivity contribution is -0.955. The molecule has 0 fully saturated rings. The first-order chi connectivity index (χ1) is 6.37. The van der Waals surface area contributed by atoms with Gasteiger partial charge in [-0.05, 0) is 6.42 Å². The number of nitrogens with one attached hydrogen (secondary N) is 1. The predicted octanol–water partition coefficient (Wildman–Crippen LogP) is 1.53. The van der Waals surface area contributed by atoms with E-state index >= 15 is 0 Å². The molecule has 0 rings (SSSR count). The summed E-state index contributed by atoms with van der Waals surface area (Å²) in [6.07, 6.45) is 4.31. The number of unbranched alkanes of at least 4 members (excludes halogenated alkanes) is 2. The van der Waals surface area contributed by atoms with Gasteiger partial charge in [-0.3, -0.25) is 4.48 Å². The number of hydrogen-bond donors (Lipinski definition) is 2. The molecule has 0 aromatic carbocycles. The highest BCUT2D eigenvalue weighted by molar-refractivity contribution is 4.62. The molecule has 1 atom stereocenters. The van der Waals surface area contributed by atoms with Gasteiger partial charge in [0.15, 0.2) is 0 Å². The van der Waals surface area contributed by atoms with Crippen molar-refractivity contribution >= 4 is 0 Å².